The topological polar surface area (TPSA) is 99.9 Å². The molecule has 1 fully saturated rings. The summed E-state index contributed by atoms with van der Waals surface area (Å²) in [5.41, 5.74) is 0.224. The van der Waals surface area contributed by atoms with Gasteiger partial charge in [0.25, 0.3) is 0 Å². The lowest BCUT2D eigenvalue weighted by Crippen LogP contribution is -2.30. The van der Waals surface area contributed by atoms with Gasteiger partial charge in [0.1, 0.15) is 12.8 Å². The largest absolute Gasteiger partial charge is 0.384 e. The highest BCUT2D eigenvalue weighted by molar-refractivity contribution is 7.91. The predicted octanol–water partition coefficient (Wildman–Crippen LogP) is 3.99. The highest BCUT2D eigenvalue weighted by Gasteiger charge is 2.30. The van der Waals surface area contributed by atoms with E-state index in [4.69, 9.17) is 14.2 Å². The van der Waals surface area contributed by atoms with Crippen molar-refractivity contribution in [3.8, 4) is 0 Å². The van der Waals surface area contributed by atoms with E-state index in [2.05, 4.69) is 24.6 Å². The number of aliphatic hydroxyl groups is 1. The summed E-state index contributed by atoms with van der Waals surface area (Å²) in [4.78, 5) is 4.47. The van der Waals surface area contributed by atoms with E-state index >= 15 is 0 Å². The Morgan fingerprint density at radius 2 is 1.97 bits per heavy atom. The van der Waals surface area contributed by atoms with Gasteiger partial charge in [-0.05, 0) is 44.4 Å². The number of hydrogen-bond donors (Lipinski definition) is 1. The Kier molecular flexibility index (Phi) is 8.87. The molecule has 10 heteroatoms. The van der Waals surface area contributed by atoms with Crippen LogP contribution < -0.4 is 0 Å². The quantitative estimate of drug-likeness (QED) is 0.371. The van der Waals surface area contributed by atoms with Gasteiger partial charge >= 0.3 is 0 Å². The monoisotopic (exact) mass is 496 g/mol. The molecule has 184 valence electrons. The molecule has 1 N–H and O–H groups in total. The zero-order chi connectivity index (χ0) is 24.1. The normalized spacial score (nSPS) is 19.4. The minimum absolute atomic E-state index is 0.0343. The zero-order valence-corrected chi connectivity index (χ0v) is 21.8. The first-order valence-electron chi connectivity index (χ1n) is 11.5. The second-order valence-corrected chi connectivity index (χ2v) is 17.1. The third-order valence-electron chi connectivity index (χ3n) is 5.53. The van der Waals surface area contributed by atoms with E-state index < -0.39 is 30.1 Å². The van der Waals surface area contributed by atoms with Crippen LogP contribution in [0.2, 0.25) is 25.7 Å². The number of aliphatic hydroxyl groups excluding tert-OH is 1. The van der Waals surface area contributed by atoms with E-state index in [1.165, 1.54) is 22.9 Å². The molecule has 0 aliphatic carbocycles. The van der Waals surface area contributed by atoms with Crippen molar-refractivity contribution in [1.29, 1.82) is 0 Å². The fourth-order valence-electron chi connectivity index (χ4n) is 3.49. The van der Waals surface area contributed by atoms with Gasteiger partial charge in [0, 0.05) is 27.5 Å². The lowest BCUT2D eigenvalue weighted by atomic mass is 10.1. The van der Waals surface area contributed by atoms with E-state index in [0.717, 1.165) is 25.3 Å². The van der Waals surface area contributed by atoms with E-state index in [9.17, 15) is 13.5 Å². The van der Waals surface area contributed by atoms with Gasteiger partial charge in [-0.15, -0.1) is 0 Å². The molecule has 0 saturated carbocycles. The Morgan fingerprint density at radius 1 is 1.24 bits per heavy atom. The second kappa shape index (κ2) is 11.2. The molecule has 0 radical (unpaired) electrons. The fourth-order valence-corrected chi connectivity index (χ4v) is 5.61. The van der Waals surface area contributed by atoms with Crippen molar-refractivity contribution in [1.82, 2.24) is 9.55 Å². The minimum Gasteiger partial charge on any atom is -0.384 e. The van der Waals surface area contributed by atoms with Crippen molar-refractivity contribution >= 4 is 17.9 Å². The number of hydrogen-bond acceptors (Lipinski definition) is 7. The van der Waals surface area contributed by atoms with E-state index in [1.54, 1.807) is 25.1 Å². The van der Waals surface area contributed by atoms with Gasteiger partial charge in [-0.25, -0.2) is 13.4 Å². The molecule has 3 atom stereocenters. The molecule has 1 saturated heterocycles. The second-order valence-electron chi connectivity index (χ2n) is 9.66. The van der Waals surface area contributed by atoms with E-state index in [0.29, 0.717) is 13.2 Å². The van der Waals surface area contributed by atoms with Gasteiger partial charge in [0.2, 0.25) is 15.0 Å². The molecule has 3 rings (SSSR count). The van der Waals surface area contributed by atoms with Crippen LogP contribution in [0, 0.1) is 0 Å². The smallest absolute Gasteiger partial charge is 0.240 e. The average molecular weight is 497 g/mol. The SMILES string of the molecule is C[C@H](OC1CCCCO1)[C@@H](O)c1cn(COCC[Si](C)(C)C)c(S(=O)(=O)c2ccccc2)n1. The first-order chi connectivity index (χ1) is 15.6. The molecule has 1 aliphatic rings. The van der Waals surface area contributed by atoms with Crippen LogP contribution in [0.3, 0.4) is 0 Å². The van der Waals surface area contributed by atoms with Gasteiger partial charge in [0.05, 0.1) is 16.7 Å². The molecule has 2 heterocycles. The zero-order valence-electron chi connectivity index (χ0n) is 19.9. The number of rotatable bonds is 11. The number of ether oxygens (including phenoxy) is 3. The fraction of sp³-hybridized carbons (Fsp3) is 0.609. The van der Waals surface area contributed by atoms with Crippen molar-refractivity contribution in [2.24, 2.45) is 0 Å². The standard InChI is InChI=1S/C23H36N2O6SSi/c1-18(31-21-12-8-9-13-30-21)22(26)20-16-25(17-29-14-15-33(2,3)4)23(24-20)32(27,28)19-10-6-5-7-11-19/h5-7,10-11,16,18,21-22,26H,8-9,12-15,17H2,1-4H3/t18-,21?,22+/m0/s1. The van der Waals surface area contributed by atoms with E-state index in [-0.39, 0.29) is 28.8 Å². The highest BCUT2D eigenvalue weighted by Crippen LogP contribution is 2.27. The first-order valence-corrected chi connectivity index (χ1v) is 16.7. The van der Waals surface area contributed by atoms with Gasteiger partial charge < -0.3 is 19.3 Å². The van der Waals surface area contributed by atoms with Crippen LogP contribution in [0.25, 0.3) is 0 Å². The third-order valence-corrected chi connectivity index (χ3v) is 8.93. The maximum absolute atomic E-state index is 13.3. The Labute approximate surface area is 197 Å². The Bertz CT molecular complexity index is 984. The Balaban J connectivity index is 1.82. The first kappa shape index (κ1) is 26.0. The van der Waals surface area contributed by atoms with Crippen molar-refractivity contribution in [3.63, 3.8) is 0 Å². The van der Waals surface area contributed by atoms with Gasteiger partial charge in [0.15, 0.2) is 6.29 Å². The summed E-state index contributed by atoms with van der Waals surface area (Å²) >= 11 is 0. The summed E-state index contributed by atoms with van der Waals surface area (Å²) in [6.07, 6.45) is 2.22. The minimum atomic E-state index is -3.90. The van der Waals surface area contributed by atoms with Gasteiger partial charge in [-0.3, -0.25) is 4.57 Å². The Hall–Kier alpha value is -1.56. The van der Waals surface area contributed by atoms with Crippen LogP contribution in [-0.2, 0) is 30.8 Å². The maximum Gasteiger partial charge on any atom is 0.240 e. The summed E-state index contributed by atoms with van der Waals surface area (Å²) in [5, 5.41) is 10.7. The Morgan fingerprint density at radius 3 is 2.61 bits per heavy atom. The lowest BCUT2D eigenvalue weighted by Gasteiger charge is -2.27. The molecule has 0 spiro atoms. The highest BCUT2D eigenvalue weighted by atomic mass is 32.2. The maximum atomic E-state index is 13.3. The molecule has 2 aromatic rings. The molecular weight excluding hydrogens is 460 g/mol. The molecule has 8 nitrogen and oxygen atoms in total. The van der Waals surface area contributed by atoms with Crippen LogP contribution in [0.1, 0.15) is 38.0 Å². The van der Waals surface area contributed by atoms with Crippen molar-refractivity contribution in [2.45, 2.75) is 87.2 Å². The van der Waals surface area contributed by atoms with Crippen molar-refractivity contribution in [2.75, 3.05) is 13.2 Å². The van der Waals surface area contributed by atoms with Crippen molar-refractivity contribution in [3.05, 3.63) is 42.2 Å². The molecule has 0 bridgehead atoms. The predicted molar refractivity (Wildman–Crippen MR) is 127 cm³/mol. The van der Waals surface area contributed by atoms with Gasteiger partial charge in [-0.1, -0.05) is 37.8 Å². The molecule has 1 aromatic heterocycles. The number of sulfone groups is 1. The molecule has 1 aromatic carbocycles. The van der Waals surface area contributed by atoms with Gasteiger partial charge in [-0.2, -0.15) is 0 Å². The summed E-state index contributed by atoms with van der Waals surface area (Å²) in [6, 6.07) is 9.11. The summed E-state index contributed by atoms with van der Waals surface area (Å²) in [7, 11) is -5.18. The number of benzene rings is 1. The lowest BCUT2D eigenvalue weighted by molar-refractivity contribution is -0.203. The summed E-state index contributed by atoms with van der Waals surface area (Å²) in [6.45, 7) is 9.70. The van der Waals surface area contributed by atoms with Crippen molar-refractivity contribution < 1.29 is 27.7 Å². The van der Waals surface area contributed by atoms with Crippen LogP contribution in [-0.4, -0.2) is 56.8 Å². The third kappa shape index (κ3) is 7.21. The molecule has 0 amide bonds. The molecule has 1 unspecified atom stereocenters. The molecule has 1 aliphatic heterocycles. The summed E-state index contributed by atoms with van der Waals surface area (Å²) in [5.74, 6) is 0. The van der Waals surface area contributed by atoms with Crippen LogP contribution in [0.4, 0.5) is 0 Å². The van der Waals surface area contributed by atoms with Crippen LogP contribution in [0.5, 0.6) is 0 Å². The summed E-state index contributed by atoms with van der Waals surface area (Å²) < 4.78 is 45.3. The van der Waals surface area contributed by atoms with Crippen LogP contribution in [0.15, 0.2) is 46.6 Å². The number of nitrogens with zero attached hydrogens (tertiary/aromatic N) is 2. The van der Waals surface area contributed by atoms with E-state index in [1.807, 2.05) is 0 Å². The molecule has 33 heavy (non-hydrogen) atoms. The average Bonchev–Trinajstić information content (AvgIpc) is 3.22. The number of imidazole rings is 1. The van der Waals surface area contributed by atoms with Crippen LogP contribution >= 0.6 is 0 Å². The molecular formula is C23H36N2O6SSi. The number of aromatic nitrogens is 2.